The summed E-state index contributed by atoms with van der Waals surface area (Å²) >= 11 is 0. The Bertz CT molecular complexity index is 1320. The molecule has 0 radical (unpaired) electrons. The maximum Gasteiger partial charge on any atom is 0.305 e. The van der Waals surface area contributed by atoms with Gasteiger partial charge in [0.2, 0.25) is 0 Å². The van der Waals surface area contributed by atoms with Crippen molar-refractivity contribution in [3.8, 4) is 35.1 Å². The van der Waals surface area contributed by atoms with Crippen LogP contribution in [-0.4, -0.2) is 36.5 Å². The van der Waals surface area contributed by atoms with Gasteiger partial charge in [-0.2, -0.15) is 10.5 Å². The van der Waals surface area contributed by atoms with Gasteiger partial charge in [-0.05, 0) is 99.2 Å². The predicted molar refractivity (Wildman–Crippen MR) is 148 cm³/mol. The molecule has 0 unspecified atom stereocenters. The minimum absolute atomic E-state index is 0.111. The van der Waals surface area contributed by atoms with E-state index in [0.717, 1.165) is 25.7 Å². The zero-order valence-corrected chi connectivity index (χ0v) is 22.5. The molecule has 0 bridgehead atoms. The lowest BCUT2D eigenvalue weighted by Crippen LogP contribution is -2.38. The fourth-order valence-corrected chi connectivity index (χ4v) is 4.66. The quantitative estimate of drug-likeness (QED) is 0.268. The van der Waals surface area contributed by atoms with Crippen LogP contribution in [0.5, 0.6) is 23.0 Å². The summed E-state index contributed by atoms with van der Waals surface area (Å²) in [6.07, 6.45) is 3.93. The van der Waals surface area contributed by atoms with Gasteiger partial charge >= 0.3 is 5.97 Å². The molecule has 1 aliphatic heterocycles. The van der Waals surface area contributed by atoms with E-state index < -0.39 is 0 Å². The fourth-order valence-electron chi connectivity index (χ4n) is 4.66. The number of nitriles is 2. The highest BCUT2D eigenvalue weighted by Crippen LogP contribution is 2.32. The first-order valence-electron chi connectivity index (χ1n) is 13.4. The van der Waals surface area contributed by atoms with Gasteiger partial charge in [-0.1, -0.05) is 0 Å². The standard InChI is InChI=1S/C32H31N3O5/c1-2-38-31(36)5-3-4-23-14-16-35(17-15-23)32(37)26-18-29(39-27-10-6-24(21-33)7-11-27)20-30(19-26)40-28-12-8-25(22-34)9-13-28/h6-13,18-20,23H,2-5,14-17H2,1H3. The number of amides is 1. The van der Waals surface area contributed by atoms with E-state index in [9.17, 15) is 9.59 Å². The first-order chi connectivity index (χ1) is 19.5. The van der Waals surface area contributed by atoms with Gasteiger partial charge in [0.05, 0.1) is 29.9 Å². The summed E-state index contributed by atoms with van der Waals surface area (Å²) in [5.41, 5.74) is 1.48. The molecule has 1 amide bonds. The Morgan fingerprint density at radius 3 is 1.82 bits per heavy atom. The van der Waals surface area contributed by atoms with Crippen molar-refractivity contribution in [3.05, 3.63) is 83.4 Å². The second-order valence-electron chi connectivity index (χ2n) is 9.60. The van der Waals surface area contributed by atoms with Crippen LogP contribution in [0.1, 0.15) is 60.5 Å². The number of hydrogen-bond acceptors (Lipinski definition) is 7. The zero-order valence-electron chi connectivity index (χ0n) is 22.5. The molecule has 8 heteroatoms. The Morgan fingerprint density at radius 2 is 1.35 bits per heavy atom. The lowest BCUT2D eigenvalue weighted by Gasteiger charge is -2.32. The lowest BCUT2D eigenvalue weighted by molar-refractivity contribution is -0.143. The van der Waals surface area contributed by atoms with Crippen LogP contribution in [-0.2, 0) is 9.53 Å². The van der Waals surface area contributed by atoms with Crippen LogP contribution in [0.15, 0.2) is 66.7 Å². The third kappa shape index (κ3) is 7.85. The number of likely N-dealkylation sites (tertiary alicyclic amines) is 1. The van der Waals surface area contributed by atoms with Crippen LogP contribution in [0.3, 0.4) is 0 Å². The van der Waals surface area contributed by atoms with Crippen molar-refractivity contribution in [2.75, 3.05) is 19.7 Å². The zero-order chi connectivity index (χ0) is 28.3. The van der Waals surface area contributed by atoms with Gasteiger partial charge in [0.25, 0.3) is 5.91 Å². The summed E-state index contributed by atoms with van der Waals surface area (Å²) in [4.78, 5) is 27.0. The molecule has 1 saturated heterocycles. The van der Waals surface area contributed by atoms with E-state index in [-0.39, 0.29) is 11.9 Å². The molecule has 0 aliphatic carbocycles. The Labute approximate surface area is 234 Å². The third-order valence-electron chi connectivity index (χ3n) is 6.77. The van der Waals surface area contributed by atoms with Gasteiger partial charge in [-0.15, -0.1) is 0 Å². The Morgan fingerprint density at radius 1 is 0.825 bits per heavy atom. The smallest absolute Gasteiger partial charge is 0.305 e. The topological polar surface area (TPSA) is 113 Å². The van der Waals surface area contributed by atoms with E-state index in [4.69, 9.17) is 24.7 Å². The van der Waals surface area contributed by atoms with E-state index >= 15 is 0 Å². The first-order valence-corrected chi connectivity index (χ1v) is 13.4. The largest absolute Gasteiger partial charge is 0.466 e. The van der Waals surface area contributed by atoms with Gasteiger partial charge in [0.15, 0.2) is 0 Å². The molecule has 0 spiro atoms. The molecule has 3 aromatic rings. The number of hydrogen-bond donors (Lipinski definition) is 0. The maximum atomic E-state index is 13.5. The SMILES string of the molecule is CCOC(=O)CCCC1CCN(C(=O)c2cc(Oc3ccc(C#N)cc3)cc(Oc3ccc(C#N)cc3)c2)CC1. The number of nitrogens with zero attached hydrogens (tertiary/aromatic N) is 3. The van der Waals surface area contributed by atoms with Crippen molar-refractivity contribution >= 4 is 11.9 Å². The number of benzene rings is 3. The van der Waals surface area contributed by atoms with Crippen LogP contribution >= 0.6 is 0 Å². The minimum Gasteiger partial charge on any atom is -0.466 e. The molecule has 0 N–H and O–H groups in total. The number of piperidine rings is 1. The Kier molecular flexibility index (Phi) is 9.74. The van der Waals surface area contributed by atoms with Gasteiger partial charge in [-0.25, -0.2) is 0 Å². The molecule has 8 nitrogen and oxygen atoms in total. The number of carbonyl (C=O) groups is 2. The van der Waals surface area contributed by atoms with Crippen LogP contribution in [0.2, 0.25) is 0 Å². The summed E-state index contributed by atoms with van der Waals surface area (Å²) in [7, 11) is 0. The second kappa shape index (κ2) is 13.8. The van der Waals surface area contributed by atoms with Crippen LogP contribution in [0.4, 0.5) is 0 Å². The number of rotatable bonds is 10. The van der Waals surface area contributed by atoms with Crippen molar-refractivity contribution in [1.82, 2.24) is 4.90 Å². The predicted octanol–water partition coefficient (Wildman–Crippen LogP) is 6.60. The summed E-state index contributed by atoms with van der Waals surface area (Å²) in [5.74, 6) is 2.10. The molecule has 0 aromatic heterocycles. The molecule has 204 valence electrons. The van der Waals surface area contributed by atoms with E-state index in [2.05, 4.69) is 12.1 Å². The highest BCUT2D eigenvalue weighted by Gasteiger charge is 2.25. The van der Waals surface area contributed by atoms with E-state index in [1.807, 2.05) is 11.8 Å². The molecule has 0 atom stereocenters. The molecule has 1 aliphatic rings. The fraction of sp³-hybridized carbons (Fsp3) is 0.312. The summed E-state index contributed by atoms with van der Waals surface area (Å²) in [6.45, 7) is 3.48. The summed E-state index contributed by atoms with van der Waals surface area (Å²) in [5, 5.41) is 18.1. The summed E-state index contributed by atoms with van der Waals surface area (Å²) < 4.78 is 17.1. The first kappa shape index (κ1) is 28.2. The van der Waals surface area contributed by atoms with Gasteiger partial charge < -0.3 is 19.1 Å². The Balaban J connectivity index is 1.47. The maximum absolute atomic E-state index is 13.5. The molecule has 4 rings (SSSR count). The van der Waals surface area contributed by atoms with E-state index in [1.54, 1.807) is 66.7 Å². The number of carbonyl (C=O) groups excluding carboxylic acids is 2. The summed E-state index contributed by atoms with van der Waals surface area (Å²) in [6, 6.07) is 22.7. The van der Waals surface area contributed by atoms with Crippen molar-refractivity contribution in [2.24, 2.45) is 5.92 Å². The molecular formula is C32H31N3O5. The molecule has 40 heavy (non-hydrogen) atoms. The van der Waals surface area contributed by atoms with Crippen LogP contribution in [0.25, 0.3) is 0 Å². The highest BCUT2D eigenvalue weighted by molar-refractivity contribution is 5.95. The monoisotopic (exact) mass is 537 g/mol. The van der Waals surface area contributed by atoms with Gasteiger partial charge in [0, 0.05) is 31.1 Å². The average Bonchev–Trinajstić information content (AvgIpc) is 2.98. The third-order valence-corrected chi connectivity index (χ3v) is 6.77. The van der Waals surface area contributed by atoms with Gasteiger partial charge in [0.1, 0.15) is 23.0 Å². The minimum atomic E-state index is -0.155. The molecule has 1 fully saturated rings. The second-order valence-corrected chi connectivity index (χ2v) is 9.60. The Hall–Kier alpha value is -4.82. The molecule has 0 saturated carbocycles. The van der Waals surface area contributed by atoms with Crippen LogP contribution < -0.4 is 9.47 Å². The average molecular weight is 538 g/mol. The molecule has 3 aromatic carbocycles. The van der Waals surface area contributed by atoms with Crippen molar-refractivity contribution in [3.63, 3.8) is 0 Å². The number of ether oxygens (including phenoxy) is 3. The van der Waals surface area contributed by atoms with Crippen molar-refractivity contribution in [2.45, 2.75) is 39.0 Å². The van der Waals surface area contributed by atoms with Gasteiger partial charge in [-0.3, -0.25) is 9.59 Å². The van der Waals surface area contributed by atoms with E-state index in [1.165, 1.54) is 0 Å². The number of esters is 1. The lowest BCUT2D eigenvalue weighted by atomic mass is 9.91. The van der Waals surface area contributed by atoms with Crippen molar-refractivity contribution in [1.29, 1.82) is 10.5 Å². The van der Waals surface area contributed by atoms with Crippen molar-refractivity contribution < 1.29 is 23.8 Å². The van der Waals surface area contributed by atoms with E-state index in [0.29, 0.717) is 71.7 Å². The molecular weight excluding hydrogens is 506 g/mol. The normalized spacial score (nSPS) is 13.1. The molecule has 1 heterocycles. The highest BCUT2D eigenvalue weighted by atomic mass is 16.5. The van der Waals surface area contributed by atoms with Crippen LogP contribution in [0, 0.1) is 28.6 Å².